The number of amides is 2. The van der Waals surface area contributed by atoms with Crippen molar-refractivity contribution >= 4 is 22.5 Å². The number of aromatic amines is 1. The van der Waals surface area contributed by atoms with Gasteiger partial charge in [0.15, 0.2) is 0 Å². The van der Waals surface area contributed by atoms with Gasteiger partial charge in [-0.25, -0.2) is 9.18 Å². The van der Waals surface area contributed by atoms with Crippen molar-refractivity contribution in [1.82, 2.24) is 20.1 Å². The number of carbonyl (C=O) groups is 1. The molecule has 2 aromatic carbocycles. The number of nitrogens with zero attached hydrogens (tertiary/aromatic N) is 2. The maximum Gasteiger partial charge on any atom is 0.321 e. The van der Waals surface area contributed by atoms with Gasteiger partial charge in [-0.1, -0.05) is 30.3 Å². The fourth-order valence-corrected chi connectivity index (χ4v) is 5.91. The van der Waals surface area contributed by atoms with Gasteiger partial charge in [-0.15, -0.1) is 0 Å². The molecule has 184 valence electrons. The molecule has 6 heteroatoms. The van der Waals surface area contributed by atoms with Crippen LogP contribution in [0, 0.1) is 11.7 Å². The smallest absolute Gasteiger partial charge is 0.321 e. The molecule has 0 unspecified atom stereocenters. The summed E-state index contributed by atoms with van der Waals surface area (Å²) in [6.45, 7) is 1.44. The van der Waals surface area contributed by atoms with E-state index in [2.05, 4.69) is 53.7 Å². The molecule has 5 rings (SSSR count). The molecule has 0 spiro atoms. The van der Waals surface area contributed by atoms with E-state index in [0.717, 1.165) is 50.6 Å². The first kappa shape index (κ1) is 23.6. The molecule has 0 bridgehead atoms. The van der Waals surface area contributed by atoms with Crippen LogP contribution in [0.5, 0.6) is 0 Å². The number of rotatable bonds is 5. The van der Waals surface area contributed by atoms with E-state index in [4.69, 9.17) is 0 Å². The fourth-order valence-electron chi connectivity index (χ4n) is 5.91. The molecule has 3 aromatic rings. The zero-order valence-corrected chi connectivity index (χ0v) is 20.7. The molecule has 1 aliphatic carbocycles. The Kier molecular flexibility index (Phi) is 6.65. The second-order valence-corrected chi connectivity index (χ2v) is 10.3. The largest absolute Gasteiger partial charge is 0.361 e. The van der Waals surface area contributed by atoms with Crippen molar-refractivity contribution in [3.8, 4) is 0 Å². The van der Waals surface area contributed by atoms with Crippen molar-refractivity contribution < 1.29 is 9.18 Å². The summed E-state index contributed by atoms with van der Waals surface area (Å²) in [5.41, 5.74) is 4.62. The summed E-state index contributed by atoms with van der Waals surface area (Å²) in [6.07, 6.45) is 10.1. The van der Waals surface area contributed by atoms with Crippen molar-refractivity contribution in [3.05, 3.63) is 77.9 Å². The van der Waals surface area contributed by atoms with E-state index in [1.165, 1.54) is 22.1 Å². The number of fused-ring (bicyclic) bond motifs is 1. The van der Waals surface area contributed by atoms with Crippen LogP contribution >= 0.6 is 0 Å². The minimum Gasteiger partial charge on any atom is -0.361 e. The highest BCUT2D eigenvalue weighted by Crippen LogP contribution is 2.43. The number of aromatic nitrogens is 1. The van der Waals surface area contributed by atoms with Crippen LogP contribution < -0.4 is 5.32 Å². The summed E-state index contributed by atoms with van der Waals surface area (Å²) >= 11 is 0. The number of benzene rings is 2. The molecule has 2 heterocycles. The number of para-hydroxylation sites is 1. The quantitative estimate of drug-likeness (QED) is 0.469. The van der Waals surface area contributed by atoms with Crippen molar-refractivity contribution in [2.24, 2.45) is 5.92 Å². The number of nitrogens with one attached hydrogen (secondary N) is 2. The number of hydrogen-bond donors (Lipinski definition) is 2. The predicted octanol–water partition coefficient (Wildman–Crippen LogP) is 6.10. The lowest BCUT2D eigenvalue weighted by molar-refractivity contribution is 0.0772. The maximum absolute atomic E-state index is 13.5. The van der Waals surface area contributed by atoms with Crippen LogP contribution in [0.25, 0.3) is 16.5 Å². The topological polar surface area (TPSA) is 51.4 Å². The Balaban J connectivity index is 1.20. The standard InChI is InChI=1S/C29H35FN4O/c1-33(2)29(23-9-11-24(30)12-10-23)15-13-21(14-16-29)18-32-28(35)34-17-5-6-22(20-34)26-19-31-27-8-4-3-7-25(26)27/h3-4,7-12,19-21,31H,5-6,13-18H2,1-2H3,(H,32,35). The normalized spacial score (nSPS) is 22.9. The lowest BCUT2D eigenvalue weighted by Crippen LogP contribution is -2.46. The van der Waals surface area contributed by atoms with Gasteiger partial charge in [0.1, 0.15) is 5.82 Å². The van der Waals surface area contributed by atoms with Crippen LogP contribution in [0.1, 0.15) is 49.7 Å². The van der Waals surface area contributed by atoms with Crippen LogP contribution in [0.3, 0.4) is 0 Å². The number of urea groups is 1. The van der Waals surface area contributed by atoms with Crippen LogP contribution in [0.15, 0.2) is 60.9 Å². The Labute approximate surface area is 207 Å². The number of H-pyrrole nitrogens is 1. The molecule has 0 saturated heterocycles. The van der Waals surface area contributed by atoms with E-state index >= 15 is 0 Å². The molecule has 2 amide bonds. The zero-order chi connectivity index (χ0) is 24.4. The van der Waals surface area contributed by atoms with Crippen LogP contribution in [-0.2, 0) is 5.54 Å². The van der Waals surface area contributed by atoms with E-state index in [0.29, 0.717) is 12.5 Å². The molecule has 2 N–H and O–H groups in total. The van der Waals surface area contributed by atoms with Gasteiger partial charge in [0.2, 0.25) is 0 Å². The third-order valence-corrected chi connectivity index (χ3v) is 8.06. The first-order valence-electron chi connectivity index (χ1n) is 12.7. The molecule has 1 saturated carbocycles. The molecule has 0 radical (unpaired) electrons. The van der Waals surface area contributed by atoms with Gasteiger partial charge in [-0.05, 0) is 87.9 Å². The van der Waals surface area contributed by atoms with Gasteiger partial charge in [0.25, 0.3) is 0 Å². The summed E-state index contributed by atoms with van der Waals surface area (Å²) in [7, 11) is 4.22. The molecule has 1 fully saturated rings. The minimum atomic E-state index is -0.196. The van der Waals surface area contributed by atoms with Gasteiger partial charge in [0, 0.05) is 47.5 Å². The number of halogens is 1. The van der Waals surface area contributed by atoms with E-state index in [9.17, 15) is 9.18 Å². The summed E-state index contributed by atoms with van der Waals surface area (Å²) in [6, 6.07) is 15.3. The Morgan fingerprint density at radius 1 is 1.14 bits per heavy atom. The van der Waals surface area contributed by atoms with E-state index in [1.807, 2.05) is 29.3 Å². The van der Waals surface area contributed by atoms with Crippen molar-refractivity contribution in [2.45, 2.75) is 44.1 Å². The number of carbonyl (C=O) groups excluding carboxylic acids is 1. The average Bonchev–Trinajstić information content (AvgIpc) is 3.32. The second-order valence-electron chi connectivity index (χ2n) is 10.3. The number of allylic oxidation sites excluding steroid dienone is 1. The lowest BCUT2D eigenvalue weighted by Gasteiger charge is -2.45. The molecule has 35 heavy (non-hydrogen) atoms. The SMILES string of the molecule is CN(C)C1(c2ccc(F)cc2)CCC(CNC(=O)N2C=C(c3c[nH]c4ccccc34)CCC2)CC1. The van der Waals surface area contributed by atoms with Gasteiger partial charge < -0.3 is 15.2 Å². The first-order chi connectivity index (χ1) is 17.0. The highest BCUT2D eigenvalue weighted by molar-refractivity contribution is 5.93. The summed E-state index contributed by atoms with van der Waals surface area (Å²) in [4.78, 5) is 20.5. The minimum absolute atomic E-state index is 0.00924. The highest BCUT2D eigenvalue weighted by Gasteiger charge is 2.38. The van der Waals surface area contributed by atoms with Crippen LogP contribution in [0.2, 0.25) is 0 Å². The second kappa shape index (κ2) is 9.86. The van der Waals surface area contributed by atoms with E-state index in [-0.39, 0.29) is 17.4 Å². The molecule has 2 aliphatic rings. The Bertz CT molecular complexity index is 1200. The summed E-state index contributed by atoms with van der Waals surface area (Å²) in [5, 5.41) is 4.40. The van der Waals surface area contributed by atoms with Crippen molar-refractivity contribution in [2.75, 3.05) is 27.2 Å². The van der Waals surface area contributed by atoms with E-state index < -0.39 is 0 Å². The Morgan fingerprint density at radius 2 is 1.89 bits per heavy atom. The monoisotopic (exact) mass is 474 g/mol. The molecule has 1 aliphatic heterocycles. The van der Waals surface area contributed by atoms with Gasteiger partial charge in [-0.3, -0.25) is 4.90 Å². The first-order valence-corrected chi connectivity index (χ1v) is 12.7. The third-order valence-electron chi connectivity index (χ3n) is 8.06. The zero-order valence-electron chi connectivity index (χ0n) is 20.7. The molecule has 1 aromatic heterocycles. The van der Waals surface area contributed by atoms with Gasteiger partial charge in [0.05, 0.1) is 0 Å². The Morgan fingerprint density at radius 3 is 2.63 bits per heavy atom. The average molecular weight is 475 g/mol. The lowest BCUT2D eigenvalue weighted by atomic mass is 9.72. The van der Waals surface area contributed by atoms with Crippen molar-refractivity contribution in [1.29, 1.82) is 0 Å². The van der Waals surface area contributed by atoms with Gasteiger partial charge in [-0.2, -0.15) is 0 Å². The van der Waals surface area contributed by atoms with Crippen LogP contribution in [-0.4, -0.2) is 48.0 Å². The maximum atomic E-state index is 13.5. The molecule has 5 nitrogen and oxygen atoms in total. The highest BCUT2D eigenvalue weighted by atomic mass is 19.1. The molecule has 0 atom stereocenters. The fraction of sp³-hybridized carbons (Fsp3) is 0.414. The third kappa shape index (κ3) is 4.72. The molecular formula is C29H35FN4O. The van der Waals surface area contributed by atoms with Crippen LogP contribution in [0.4, 0.5) is 9.18 Å². The van der Waals surface area contributed by atoms with Crippen molar-refractivity contribution in [3.63, 3.8) is 0 Å². The molecular weight excluding hydrogens is 439 g/mol. The summed E-state index contributed by atoms with van der Waals surface area (Å²) < 4.78 is 13.5. The Hall–Kier alpha value is -3.12. The van der Waals surface area contributed by atoms with Gasteiger partial charge >= 0.3 is 6.03 Å². The van der Waals surface area contributed by atoms with E-state index in [1.54, 1.807) is 12.1 Å². The summed E-state index contributed by atoms with van der Waals surface area (Å²) in [5.74, 6) is 0.257. The predicted molar refractivity (Wildman–Crippen MR) is 139 cm³/mol. The number of hydrogen-bond acceptors (Lipinski definition) is 2.